The van der Waals surface area contributed by atoms with Gasteiger partial charge in [-0.15, -0.1) is 0 Å². The van der Waals surface area contributed by atoms with Crippen LogP contribution in [0.1, 0.15) is 36.2 Å². The molecule has 1 aromatic heterocycles. The third kappa shape index (κ3) is 2.74. The van der Waals surface area contributed by atoms with Crippen molar-refractivity contribution in [2.24, 2.45) is 0 Å². The second-order valence-electron chi connectivity index (χ2n) is 5.62. The number of benzene rings is 1. The van der Waals surface area contributed by atoms with Crippen LogP contribution in [0.5, 0.6) is 0 Å². The highest BCUT2D eigenvalue weighted by Crippen LogP contribution is 2.30. The Hall–Kier alpha value is -1.65. The Morgan fingerprint density at radius 3 is 2.76 bits per heavy atom. The first-order valence-corrected chi connectivity index (χ1v) is 7.50. The van der Waals surface area contributed by atoms with Crippen LogP contribution < -0.4 is 5.32 Å². The number of halogens is 1. The predicted octanol–water partition coefficient (Wildman–Crippen LogP) is 2.92. The number of hydrogen-bond donors (Lipinski definition) is 2. The molecule has 0 radical (unpaired) electrons. The van der Waals surface area contributed by atoms with E-state index in [4.69, 9.17) is 11.6 Å². The number of amides is 1. The van der Waals surface area contributed by atoms with Crippen molar-refractivity contribution in [1.82, 2.24) is 10.3 Å². The lowest BCUT2D eigenvalue weighted by molar-refractivity contribution is 0.0833. The molecular formula is C16H17ClN2O2. The van der Waals surface area contributed by atoms with Gasteiger partial charge in [-0.1, -0.05) is 48.7 Å². The first-order chi connectivity index (χ1) is 10.1. The number of carbonyl (C=O) groups excluding carboxylic acids is 1. The molecule has 1 heterocycles. The number of nitrogens with one attached hydrogen (secondary N) is 1. The molecule has 0 atom stereocenters. The Bertz CT molecular complexity index is 681. The molecule has 0 aliphatic heterocycles. The lowest BCUT2D eigenvalue weighted by Crippen LogP contribution is -2.49. The fourth-order valence-electron chi connectivity index (χ4n) is 2.95. The zero-order valence-electron chi connectivity index (χ0n) is 11.6. The minimum absolute atomic E-state index is 0.0416. The Morgan fingerprint density at radius 2 is 2.05 bits per heavy atom. The molecule has 21 heavy (non-hydrogen) atoms. The highest BCUT2D eigenvalue weighted by Gasteiger charge is 2.35. The van der Waals surface area contributed by atoms with Crippen molar-refractivity contribution in [3.63, 3.8) is 0 Å². The smallest absolute Gasteiger partial charge is 0.270 e. The van der Waals surface area contributed by atoms with Crippen molar-refractivity contribution < 1.29 is 9.90 Å². The minimum Gasteiger partial charge on any atom is -0.394 e. The molecule has 0 spiro atoms. The number of aliphatic hydroxyl groups excluding tert-OH is 1. The van der Waals surface area contributed by atoms with Crippen molar-refractivity contribution in [2.45, 2.75) is 31.2 Å². The van der Waals surface area contributed by atoms with Crippen molar-refractivity contribution >= 4 is 28.3 Å². The van der Waals surface area contributed by atoms with Crippen molar-refractivity contribution in [1.29, 1.82) is 0 Å². The maximum absolute atomic E-state index is 12.4. The summed E-state index contributed by atoms with van der Waals surface area (Å²) in [5, 5.41) is 14.5. The molecule has 1 aliphatic rings. The Morgan fingerprint density at radius 1 is 1.33 bits per heavy atom. The molecule has 0 bridgehead atoms. The summed E-state index contributed by atoms with van der Waals surface area (Å²) in [6.45, 7) is -0.0416. The lowest BCUT2D eigenvalue weighted by atomic mass is 9.98. The fraction of sp³-hybridized carbons (Fsp3) is 0.375. The number of rotatable bonds is 3. The van der Waals surface area contributed by atoms with Gasteiger partial charge >= 0.3 is 0 Å². The summed E-state index contributed by atoms with van der Waals surface area (Å²) in [4.78, 5) is 16.6. The van der Waals surface area contributed by atoms with Gasteiger partial charge in [0.2, 0.25) is 0 Å². The largest absolute Gasteiger partial charge is 0.394 e. The molecule has 4 nitrogen and oxygen atoms in total. The van der Waals surface area contributed by atoms with Gasteiger partial charge in [-0.05, 0) is 24.3 Å². The van der Waals surface area contributed by atoms with Crippen LogP contribution in [0.15, 0.2) is 30.3 Å². The highest BCUT2D eigenvalue weighted by molar-refractivity contribution is 6.34. The van der Waals surface area contributed by atoms with Crippen LogP contribution in [0.2, 0.25) is 5.15 Å². The first kappa shape index (κ1) is 14.3. The third-order valence-corrected chi connectivity index (χ3v) is 4.46. The van der Waals surface area contributed by atoms with Gasteiger partial charge in [0.25, 0.3) is 5.91 Å². The van der Waals surface area contributed by atoms with Crippen LogP contribution in [0.4, 0.5) is 0 Å². The normalized spacial score (nSPS) is 17.0. The molecule has 1 aliphatic carbocycles. The Balaban J connectivity index is 1.91. The summed E-state index contributed by atoms with van der Waals surface area (Å²) >= 11 is 6.15. The average molecular weight is 305 g/mol. The van der Waals surface area contributed by atoms with E-state index >= 15 is 0 Å². The molecule has 0 unspecified atom stereocenters. The summed E-state index contributed by atoms with van der Waals surface area (Å²) in [5.41, 5.74) is -0.213. The van der Waals surface area contributed by atoms with Gasteiger partial charge in [0.15, 0.2) is 0 Å². The second-order valence-corrected chi connectivity index (χ2v) is 5.98. The number of aromatic nitrogens is 1. The van der Waals surface area contributed by atoms with E-state index in [0.29, 0.717) is 10.8 Å². The number of nitrogens with zero attached hydrogens (tertiary/aromatic N) is 1. The number of pyridine rings is 1. The molecule has 3 rings (SSSR count). The molecular weight excluding hydrogens is 288 g/mol. The predicted molar refractivity (Wildman–Crippen MR) is 82.5 cm³/mol. The maximum Gasteiger partial charge on any atom is 0.270 e. The number of aliphatic hydroxyl groups is 1. The first-order valence-electron chi connectivity index (χ1n) is 7.12. The van der Waals surface area contributed by atoms with Gasteiger partial charge in [0, 0.05) is 5.39 Å². The van der Waals surface area contributed by atoms with Gasteiger partial charge in [-0.2, -0.15) is 0 Å². The topological polar surface area (TPSA) is 62.2 Å². The molecule has 1 saturated carbocycles. The van der Waals surface area contributed by atoms with E-state index in [1.165, 1.54) is 0 Å². The number of fused-ring (bicyclic) bond motifs is 1. The molecule has 5 heteroatoms. The van der Waals surface area contributed by atoms with E-state index in [9.17, 15) is 9.90 Å². The van der Waals surface area contributed by atoms with E-state index in [-0.39, 0.29) is 12.5 Å². The molecule has 1 amide bonds. The molecule has 0 saturated heterocycles. The second kappa shape index (κ2) is 5.62. The molecule has 2 aromatic rings. The van der Waals surface area contributed by atoms with Gasteiger partial charge in [0.1, 0.15) is 10.8 Å². The highest BCUT2D eigenvalue weighted by atomic mass is 35.5. The van der Waals surface area contributed by atoms with Gasteiger partial charge in [0.05, 0.1) is 12.1 Å². The summed E-state index contributed by atoms with van der Waals surface area (Å²) in [7, 11) is 0. The van der Waals surface area contributed by atoms with Crippen molar-refractivity contribution in [2.75, 3.05) is 6.61 Å². The lowest BCUT2D eigenvalue weighted by Gasteiger charge is -2.27. The monoisotopic (exact) mass is 304 g/mol. The van der Waals surface area contributed by atoms with Crippen LogP contribution in [0, 0.1) is 0 Å². The zero-order valence-corrected chi connectivity index (χ0v) is 12.4. The van der Waals surface area contributed by atoms with Crippen LogP contribution in [0.3, 0.4) is 0 Å². The van der Waals surface area contributed by atoms with E-state index in [1.807, 2.05) is 24.3 Å². The van der Waals surface area contributed by atoms with Crippen LogP contribution in [-0.2, 0) is 0 Å². The van der Waals surface area contributed by atoms with Gasteiger partial charge in [-0.3, -0.25) is 4.79 Å². The maximum atomic E-state index is 12.4. The van der Waals surface area contributed by atoms with Gasteiger partial charge in [-0.25, -0.2) is 4.98 Å². The summed E-state index contributed by atoms with van der Waals surface area (Å²) in [6, 6.07) is 9.29. The Labute approximate surface area is 128 Å². The van der Waals surface area contributed by atoms with E-state index in [2.05, 4.69) is 10.3 Å². The van der Waals surface area contributed by atoms with E-state index in [0.717, 1.165) is 36.5 Å². The van der Waals surface area contributed by atoms with Gasteiger partial charge < -0.3 is 10.4 Å². The summed E-state index contributed by atoms with van der Waals surface area (Å²) in [6.07, 6.45) is 3.65. The molecule has 1 aromatic carbocycles. The van der Waals surface area contributed by atoms with Crippen molar-refractivity contribution in [3.8, 4) is 0 Å². The Kier molecular flexibility index (Phi) is 3.83. The minimum atomic E-state index is -0.503. The fourth-order valence-corrected chi connectivity index (χ4v) is 3.22. The summed E-state index contributed by atoms with van der Waals surface area (Å²) in [5.74, 6) is -0.279. The van der Waals surface area contributed by atoms with E-state index < -0.39 is 5.54 Å². The average Bonchev–Trinajstić information content (AvgIpc) is 2.96. The molecule has 1 fully saturated rings. The number of hydrogen-bond acceptors (Lipinski definition) is 3. The molecule has 110 valence electrons. The summed E-state index contributed by atoms with van der Waals surface area (Å²) < 4.78 is 0. The third-order valence-electron chi connectivity index (χ3n) is 4.17. The van der Waals surface area contributed by atoms with Crippen molar-refractivity contribution in [3.05, 3.63) is 41.2 Å². The quantitative estimate of drug-likeness (QED) is 0.857. The van der Waals surface area contributed by atoms with Crippen LogP contribution in [-0.4, -0.2) is 28.1 Å². The van der Waals surface area contributed by atoms with E-state index in [1.54, 1.807) is 6.07 Å². The standard InChI is InChI=1S/C16H17ClN2O2/c17-14-12-6-2-1-5-11(12)9-13(18-14)15(21)19-16(10-20)7-3-4-8-16/h1-2,5-6,9,20H,3-4,7-8,10H2,(H,19,21). The SMILES string of the molecule is O=C(NC1(CO)CCCC1)c1cc2ccccc2c(Cl)n1. The zero-order chi connectivity index (χ0) is 14.9. The van der Waals surface area contributed by atoms with Crippen LogP contribution in [0.25, 0.3) is 10.8 Å². The van der Waals surface area contributed by atoms with Crippen LogP contribution >= 0.6 is 11.6 Å². The number of carbonyl (C=O) groups is 1. The molecule has 2 N–H and O–H groups in total.